The summed E-state index contributed by atoms with van der Waals surface area (Å²) in [7, 11) is -3.59. The third kappa shape index (κ3) is 6.28. The molecule has 7 heteroatoms. The number of rotatable bonds is 5. The smallest absolute Gasteiger partial charge is 0.253 e. The summed E-state index contributed by atoms with van der Waals surface area (Å²) in [6, 6.07) is 6.32. The molecule has 1 amide bonds. The zero-order valence-electron chi connectivity index (χ0n) is 18.9. The highest BCUT2D eigenvalue weighted by molar-refractivity contribution is 7.89. The van der Waals surface area contributed by atoms with Crippen molar-refractivity contribution in [3.63, 3.8) is 0 Å². The van der Waals surface area contributed by atoms with Crippen molar-refractivity contribution in [1.82, 2.24) is 14.5 Å². The van der Waals surface area contributed by atoms with Crippen molar-refractivity contribution in [3.05, 3.63) is 29.8 Å². The molecule has 1 N–H and O–H groups in total. The Morgan fingerprint density at radius 3 is 2.30 bits per heavy atom. The number of hydrogen-bond acceptors (Lipinski definition) is 4. The Balaban J connectivity index is 1.60. The minimum Gasteiger partial charge on any atom is -0.338 e. The third-order valence-electron chi connectivity index (χ3n) is 6.05. The van der Waals surface area contributed by atoms with Gasteiger partial charge in [0.1, 0.15) is 0 Å². The van der Waals surface area contributed by atoms with Crippen LogP contribution in [-0.4, -0.2) is 62.4 Å². The van der Waals surface area contributed by atoms with E-state index in [1.165, 1.54) is 44.5 Å². The molecule has 1 aromatic carbocycles. The molecule has 0 saturated carbocycles. The van der Waals surface area contributed by atoms with Crippen LogP contribution in [0.3, 0.4) is 0 Å². The maximum atomic E-state index is 13.0. The van der Waals surface area contributed by atoms with Crippen LogP contribution < -0.4 is 4.72 Å². The second-order valence-electron chi connectivity index (χ2n) is 10.1. The standard InChI is InChI=1S/C23H37N3O3S/c1-18-11-14-25(15-12-18)16-19-6-5-13-26(17-19)22(27)20-7-9-21(10-8-20)30(28,29)24-23(2,3)4/h7-10,18-19,24H,5-6,11-17H2,1-4H3. The summed E-state index contributed by atoms with van der Waals surface area (Å²) in [5.41, 5.74) is -0.000119. The lowest BCUT2D eigenvalue weighted by molar-refractivity contribution is 0.0622. The molecule has 0 radical (unpaired) electrons. The number of benzene rings is 1. The van der Waals surface area contributed by atoms with Crippen LogP contribution in [0.25, 0.3) is 0 Å². The summed E-state index contributed by atoms with van der Waals surface area (Å²) in [6.07, 6.45) is 4.75. The summed E-state index contributed by atoms with van der Waals surface area (Å²) in [5.74, 6) is 1.35. The van der Waals surface area contributed by atoms with Crippen molar-refractivity contribution in [2.75, 3.05) is 32.7 Å². The molecule has 1 aromatic rings. The van der Waals surface area contributed by atoms with Crippen molar-refractivity contribution in [1.29, 1.82) is 0 Å². The van der Waals surface area contributed by atoms with E-state index in [9.17, 15) is 13.2 Å². The molecule has 2 saturated heterocycles. The molecule has 2 aliphatic rings. The van der Waals surface area contributed by atoms with Crippen LogP contribution in [0.1, 0.15) is 63.7 Å². The van der Waals surface area contributed by atoms with E-state index in [1.807, 2.05) is 4.90 Å². The fourth-order valence-corrected chi connectivity index (χ4v) is 5.85. The average molecular weight is 436 g/mol. The maximum Gasteiger partial charge on any atom is 0.253 e. The summed E-state index contributed by atoms with van der Waals surface area (Å²) in [5, 5.41) is 0. The molecule has 0 aliphatic carbocycles. The summed E-state index contributed by atoms with van der Waals surface area (Å²) in [4.78, 5) is 17.7. The largest absolute Gasteiger partial charge is 0.338 e. The summed E-state index contributed by atoms with van der Waals surface area (Å²) < 4.78 is 27.6. The maximum absolute atomic E-state index is 13.0. The van der Waals surface area contributed by atoms with E-state index < -0.39 is 15.6 Å². The number of carbonyl (C=O) groups excluding carboxylic acids is 1. The summed E-state index contributed by atoms with van der Waals surface area (Å²) in [6.45, 7) is 12.7. The Morgan fingerprint density at radius 2 is 1.70 bits per heavy atom. The first-order chi connectivity index (χ1) is 14.0. The first-order valence-electron chi connectivity index (χ1n) is 11.2. The van der Waals surface area contributed by atoms with Gasteiger partial charge < -0.3 is 9.80 Å². The lowest BCUT2D eigenvalue weighted by atomic mass is 9.94. The number of nitrogens with zero attached hydrogens (tertiary/aromatic N) is 2. The molecule has 0 spiro atoms. The van der Waals surface area contributed by atoms with E-state index in [2.05, 4.69) is 16.5 Å². The van der Waals surface area contributed by atoms with Gasteiger partial charge in [0.05, 0.1) is 4.90 Å². The number of amides is 1. The highest BCUT2D eigenvalue weighted by atomic mass is 32.2. The van der Waals surface area contributed by atoms with Gasteiger partial charge in [-0.1, -0.05) is 6.92 Å². The number of carbonyl (C=O) groups is 1. The summed E-state index contributed by atoms with van der Waals surface area (Å²) >= 11 is 0. The molecule has 0 aromatic heterocycles. The molecule has 168 valence electrons. The van der Waals surface area contributed by atoms with Crippen molar-refractivity contribution in [2.45, 2.75) is 63.8 Å². The fraction of sp³-hybridized carbons (Fsp3) is 0.696. The zero-order valence-corrected chi connectivity index (χ0v) is 19.7. The second-order valence-corrected chi connectivity index (χ2v) is 11.8. The van der Waals surface area contributed by atoms with Gasteiger partial charge in [-0.2, -0.15) is 0 Å². The molecular formula is C23H37N3O3S. The minimum atomic E-state index is -3.59. The van der Waals surface area contributed by atoms with Gasteiger partial charge in [0.2, 0.25) is 10.0 Å². The van der Waals surface area contributed by atoms with E-state index in [0.29, 0.717) is 11.5 Å². The van der Waals surface area contributed by atoms with E-state index >= 15 is 0 Å². The van der Waals surface area contributed by atoms with E-state index in [-0.39, 0.29) is 10.8 Å². The van der Waals surface area contributed by atoms with Gasteiger partial charge in [0.25, 0.3) is 5.91 Å². The zero-order chi connectivity index (χ0) is 21.9. The van der Waals surface area contributed by atoms with Gasteiger partial charge in [-0.3, -0.25) is 4.79 Å². The van der Waals surface area contributed by atoms with Crippen LogP contribution in [0.2, 0.25) is 0 Å². The Bertz CT molecular complexity index is 822. The van der Waals surface area contributed by atoms with Crippen molar-refractivity contribution >= 4 is 15.9 Å². The first-order valence-corrected chi connectivity index (χ1v) is 12.7. The topological polar surface area (TPSA) is 69.7 Å². The van der Waals surface area contributed by atoms with Crippen molar-refractivity contribution < 1.29 is 13.2 Å². The predicted octanol–water partition coefficient (Wildman–Crippen LogP) is 3.35. The van der Waals surface area contributed by atoms with Crippen LogP contribution >= 0.6 is 0 Å². The highest BCUT2D eigenvalue weighted by Gasteiger charge is 2.28. The second kappa shape index (κ2) is 9.37. The predicted molar refractivity (Wildman–Crippen MR) is 120 cm³/mol. The molecule has 1 atom stereocenters. The molecule has 30 heavy (non-hydrogen) atoms. The van der Waals surface area contributed by atoms with Gasteiger partial charge in [0.15, 0.2) is 0 Å². The Kier molecular flexibility index (Phi) is 7.25. The van der Waals surface area contributed by atoms with Gasteiger partial charge in [-0.05, 0) is 95.6 Å². The third-order valence-corrected chi connectivity index (χ3v) is 7.82. The normalized spacial score (nSPS) is 22.3. The number of hydrogen-bond donors (Lipinski definition) is 1. The molecule has 6 nitrogen and oxygen atoms in total. The van der Waals surface area contributed by atoms with Crippen LogP contribution in [0.5, 0.6) is 0 Å². The number of nitrogens with one attached hydrogen (secondary N) is 1. The fourth-order valence-electron chi connectivity index (χ4n) is 4.43. The lowest BCUT2D eigenvalue weighted by Gasteiger charge is -2.38. The molecule has 3 rings (SSSR count). The molecular weight excluding hydrogens is 398 g/mol. The molecule has 0 bridgehead atoms. The van der Waals surface area contributed by atoms with E-state index in [1.54, 1.807) is 32.9 Å². The van der Waals surface area contributed by atoms with Crippen LogP contribution in [-0.2, 0) is 10.0 Å². The first kappa shape index (κ1) is 23.2. The van der Waals surface area contributed by atoms with Crippen LogP contribution in [0.15, 0.2) is 29.2 Å². The Hall–Kier alpha value is -1.44. The molecule has 1 unspecified atom stereocenters. The van der Waals surface area contributed by atoms with E-state index in [0.717, 1.165) is 32.0 Å². The van der Waals surface area contributed by atoms with Gasteiger partial charge in [-0.15, -0.1) is 0 Å². The van der Waals surface area contributed by atoms with Gasteiger partial charge in [0, 0.05) is 30.7 Å². The number of sulfonamides is 1. The molecule has 2 heterocycles. The highest BCUT2D eigenvalue weighted by Crippen LogP contribution is 2.23. The minimum absolute atomic E-state index is 0.000282. The van der Waals surface area contributed by atoms with Gasteiger partial charge >= 0.3 is 0 Å². The average Bonchev–Trinajstić information content (AvgIpc) is 2.68. The van der Waals surface area contributed by atoms with Crippen LogP contribution in [0.4, 0.5) is 0 Å². The Labute approximate surface area is 182 Å². The van der Waals surface area contributed by atoms with Crippen LogP contribution in [0, 0.1) is 11.8 Å². The SMILES string of the molecule is CC1CCN(CC2CCCN(C(=O)c3ccc(S(=O)(=O)NC(C)(C)C)cc3)C2)CC1. The van der Waals surface area contributed by atoms with Crippen molar-refractivity contribution in [2.24, 2.45) is 11.8 Å². The number of piperidine rings is 2. The molecule has 2 fully saturated rings. The monoisotopic (exact) mass is 435 g/mol. The number of likely N-dealkylation sites (tertiary alicyclic amines) is 2. The quantitative estimate of drug-likeness (QED) is 0.770. The Morgan fingerprint density at radius 1 is 1.07 bits per heavy atom. The molecule has 2 aliphatic heterocycles. The van der Waals surface area contributed by atoms with E-state index in [4.69, 9.17) is 0 Å². The van der Waals surface area contributed by atoms with Gasteiger partial charge in [-0.25, -0.2) is 13.1 Å². The lowest BCUT2D eigenvalue weighted by Crippen LogP contribution is -2.45. The van der Waals surface area contributed by atoms with Crippen molar-refractivity contribution in [3.8, 4) is 0 Å².